The standard InChI is InChI=1S/C29H42O7/c1-16-26(32)23(30)14-25(35-16)36-19-6-9-27(2)18(13-19)4-5-22-21(27)7-10-28(3)20(8-11-29(22,28)33)17-12-24(31)34-15-17/h4,12,16,19-23,25-26,30,32-33H,5-11,13-15H2,1-3H3. The predicted octanol–water partition coefficient (Wildman–Crippen LogP) is 3.41. The number of carbonyl (C=O) groups is 1. The number of allylic oxidation sites excluding steroid dienone is 1. The smallest absolute Gasteiger partial charge is 0.331 e. The third kappa shape index (κ3) is 3.60. The predicted molar refractivity (Wildman–Crippen MR) is 132 cm³/mol. The average Bonchev–Trinajstić information content (AvgIpc) is 3.37. The van der Waals surface area contributed by atoms with E-state index in [1.54, 1.807) is 13.0 Å². The maximum atomic E-state index is 12.3. The monoisotopic (exact) mass is 502 g/mol. The summed E-state index contributed by atoms with van der Waals surface area (Å²) < 4.78 is 17.4. The average molecular weight is 503 g/mol. The Balaban J connectivity index is 1.19. The maximum absolute atomic E-state index is 12.3. The van der Waals surface area contributed by atoms with Gasteiger partial charge in [-0.1, -0.05) is 25.5 Å². The number of ether oxygens (including phenoxy) is 3. The van der Waals surface area contributed by atoms with Gasteiger partial charge in [-0.2, -0.15) is 0 Å². The number of hydrogen-bond acceptors (Lipinski definition) is 7. The molecule has 6 rings (SSSR count). The Hall–Kier alpha value is -1.25. The van der Waals surface area contributed by atoms with E-state index < -0.39 is 30.2 Å². The van der Waals surface area contributed by atoms with Gasteiger partial charge in [-0.15, -0.1) is 0 Å². The maximum Gasteiger partial charge on any atom is 0.331 e. The van der Waals surface area contributed by atoms with Crippen LogP contribution in [0.3, 0.4) is 0 Å². The Bertz CT molecular complexity index is 963. The first-order chi connectivity index (χ1) is 17.0. The molecule has 4 fully saturated rings. The van der Waals surface area contributed by atoms with Crippen molar-refractivity contribution in [2.75, 3.05) is 6.61 Å². The first kappa shape index (κ1) is 25.1. The van der Waals surface area contributed by atoms with Crippen molar-refractivity contribution in [3.63, 3.8) is 0 Å². The van der Waals surface area contributed by atoms with Gasteiger partial charge >= 0.3 is 5.97 Å². The minimum atomic E-state index is -0.867. The Kier molecular flexibility index (Phi) is 6.01. The molecule has 3 saturated carbocycles. The molecule has 3 N–H and O–H groups in total. The van der Waals surface area contributed by atoms with Crippen LogP contribution >= 0.6 is 0 Å². The van der Waals surface area contributed by atoms with Gasteiger partial charge in [0.1, 0.15) is 12.7 Å². The Morgan fingerprint density at radius 2 is 1.89 bits per heavy atom. The van der Waals surface area contributed by atoms with Gasteiger partial charge in [0.05, 0.1) is 23.9 Å². The van der Waals surface area contributed by atoms with Gasteiger partial charge in [0.15, 0.2) is 6.29 Å². The number of esters is 1. The van der Waals surface area contributed by atoms with E-state index in [4.69, 9.17) is 14.2 Å². The molecule has 11 atom stereocenters. The molecule has 36 heavy (non-hydrogen) atoms. The quantitative estimate of drug-likeness (QED) is 0.401. The number of rotatable bonds is 3. The Morgan fingerprint density at radius 3 is 2.61 bits per heavy atom. The summed E-state index contributed by atoms with van der Waals surface area (Å²) in [6.07, 6.45) is 9.23. The van der Waals surface area contributed by atoms with E-state index in [1.807, 2.05) is 0 Å². The summed E-state index contributed by atoms with van der Waals surface area (Å²) in [5.41, 5.74) is 1.62. The van der Waals surface area contributed by atoms with Crippen LogP contribution in [-0.2, 0) is 19.0 Å². The first-order valence-corrected chi connectivity index (χ1v) is 14.0. The molecular weight excluding hydrogens is 460 g/mol. The van der Waals surface area contributed by atoms with Gasteiger partial charge in [0, 0.05) is 17.9 Å². The van der Waals surface area contributed by atoms with Crippen LogP contribution in [0.2, 0.25) is 0 Å². The highest BCUT2D eigenvalue weighted by atomic mass is 16.7. The van der Waals surface area contributed by atoms with E-state index in [1.165, 1.54) is 5.57 Å². The van der Waals surface area contributed by atoms with Crippen molar-refractivity contribution < 1.29 is 34.3 Å². The Morgan fingerprint density at radius 1 is 1.08 bits per heavy atom. The minimum Gasteiger partial charge on any atom is -0.458 e. The molecule has 2 aliphatic heterocycles. The third-order valence-corrected chi connectivity index (χ3v) is 11.4. The molecule has 4 aliphatic carbocycles. The molecule has 6 aliphatic rings. The Labute approximate surface area is 213 Å². The van der Waals surface area contributed by atoms with Gasteiger partial charge in [0.25, 0.3) is 0 Å². The zero-order valence-corrected chi connectivity index (χ0v) is 21.8. The summed E-state index contributed by atoms with van der Waals surface area (Å²) in [6.45, 7) is 6.81. The highest BCUT2D eigenvalue weighted by Crippen LogP contribution is 2.69. The normalized spacial score (nSPS) is 52.6. The number of aliphatic hydroxyl groups is 3. The van der Waals surface area contributed by atoms with E-state index in [-0.39, 0.29) is 34.7 Å². The van der Waals surface area contributed by atoms with Crippen LogP contribution in [0.1, 0.15) is 78.6 Å². The summed E-state index contributed by atoms with van der Waals surface area (Å²) in [7, 11) is 0. The van der Waals surface area contributed by atoms with Gasteiger partial charge in [-0.25, -0.2) is 4.79 Å². The zero-order valence-electron chi connectivity index (χ0n) is 21.8. The van der Waals surface area contributed by atoms with Crippen LogP contribution in [0.15, 0.2) is 23.3 Å². The van der Waals surface area contributed by atoms with Crippen molar-refractivity contribution in [3.05, 3.63) is 23.3 Å². The lowest BCUT2D eigenvalue weighted by molar-refractivity contribution is -0.262. The molecule has 0 amide bonds. The lowest BCUT2D eigenvalue weighted by atomic mass is 9.45. The molecular formula is C29H42O7. The van der Waals surface area contributed by atoms with Crippen molar-refractivity contribution in [1.82, 2.24) is 0 Å². The fourth-order valence-electron chi connectivity index (χ4n) is 9.22. The van der Waals surface area contributed by atoms with Gasteiger partial charge < -0.3 is 29.5 Å². The molecule has 7 nitrogen and oxygen atoms in total. The molecule has 7 heteroatoms. The first-order valence-electron chi connectivity index (χ1n) is 14.0. The van der Waals surface area contributed by atoms with E-state index >= 15 is 0 Å². The summed E-state index contributed by atoms with van der Waals surface area (Å²) >= 11 is 0. The molecule has 0 radical (unpaired) electrons. The molecule has 11 unspecified atom stereocenters. The van der Waals surface area contributed by atoms with Crippen molar-refractivity contribution in [2.24, 2.45) is 28.6 Å². The van der Waals surface area contributed by atoms with Crippen LogP contribution in [0.5, 0.6) is 0 Å². The van der Waals surface area contributed by atoms with Gasteiger partial charge in [-0.05, 0) is 87.0 Å². The summed E-state index contributed by atoms with van der Waals surface area (Å²) in [6, 6.07) is 0. The molecule has 2 heterocycles. The highest BCUT2D eigenvalue weighted by Gasteiger charge is 2.66. The highest BCUT2D eigenvalue weighted by molar-refractivity contribution is 5.85. The lowest BCUT2D eigenvalue weighted by Crippen LogP contribution is -2.60. The number of cyclic esters (lactones) is 1. The van der Waals surface area contributed by atoms with Crippen LogP contribution in [0, 0.1) is 28.6 Å². The SMILES string of the molecule is CC1OC(OC2CCC3(C)C(=CCC4C3CCC3(C)C(C5=CC(=O)OC5)CCC43O)C2)CC(O)C1O. The zero-order chi connectivity index (χ0) is 25.5. The topological polar surface area (TPSA) is 105 Å². The fourth-order valence-corrected chi connectivity index (χ4v) is 9.22. The molecule has 0 spiro atoms. The second-order valence-electron chi connectivity index (χ2n) is 13.0. The summed E-state index contributed by atoms with van der Waals surface area (Å²) in [5, 5.41) is 32.5. The summed E-state index contributed by atoms with van der Waals surface area (Å²) in [5.74, 6) is 0.635. The third-order valence-electron chi connectivity index (χ3n) is 11.4. The van der Waals surface area contributed by atoms with Crippen LogP contribution < -0.4 is 0 Å². The second-order valence-corrected chi connectivity index (χ2v) is 13.0. The van der Waals surface area contributed by atoms with E-state index in [0.717, 1.165) is 56.9 Å². The molecule has 1 saturated heterocycles. The number of carbonyl (C=O) groups excluding carboxylic acids is 1. The number of aliphatic hydroxyl groups excluding tert-OH is 2. The number of hydrogen-bond donors (Lipinski definition) is 3. The van der Waals surface area contributed by atoms with Crippen LogP contribution in [0.4, 0.5) is 0 Å². The van der Waals surface area contributed by atoms with E-state index in [0.29, 0.717) is 18.9 Å². The van der Waals surface area contributed by atoms with Crippen LogP contribution in [-0.4, -0.2) is 64.2 Å². The van der Waals surface area contributed by atoms with Crippen molar-refractivity contribution in [3.8, 4) is 0 Å². The summed E-state index contributed by atoms with van der Waals surface area (Å²) in [4.78, 5) is 11.8. The number of fused-ring (bicyclic) bond motifs is 5. The minimum absolute atomic E-state index is 0.0418. The van der Waals surface area contributed by atoms with Crippen molar-refractivity contribution in [2.45, 2.75) is 115 Å². The molecule has 0 bridgehead atoms. The van der Waals surface area contributed by atoms with Gasteiger partial charge in [0.2, 0.25) is 0 Å². The molecule has 0 aromatic rings. The molecule has 0 aromatic heterocycles. The van der Waals surface area contributed by atoms with Crippen LogP contribution in [0.25, 0.3) is 0 Å². The van der Waals surface area contributed by atoms with E-state index in [9.17, 15) is 20.1 Å². The lowest BCUT2D eigenvalue weighted by Gasteiger charge is -2.61. The van der Waals surface area contributed by atoms with Crippen molar-refractivity contribution >= 4 is 5.97 Å². The molecule has 200 valence electrons. The van der Waals surface area contributed by atoms with Gasteiger partial charge in [-0.3, -0.25) is 0 Å². The molecule has 0 aromatic carbocycles. The van der Waals surface area contributed by atoms with Crippen molar-refractivity contribution in [1.29, 1.82) is 0 Å². The van der Waals surface area contributed by atoms with E-state index in [2.05, 4.69) is 19.9 Å². The second kappa shape index (κ2) is 8.63. The fraction of sp³-hybridized carbons (Fsp3) is 0.828. The largest absolute Gasteiger partial charge is 0.458 e.